The molecule has 0 bridgehead atoms. The maximum atomic E-state index is 5.34. The fraction of sp³-hybridized carbons (Fsp3) is 0.455. The fourth-order valence-electron chi connectivity index (χ4n) is 1.30. The molecule has 2 rings (SSSR count). The Labute approximate surface area is 120 Å². The van der Waals surface area contributed by atoms with Crippen molar-refractivity contribution in [3.8, 4) is 0 Å². The second kappa shape index (κ2) is 6.76. The zero-order chi connectivity index (χ0) is 13.7. The molecule has 0 radical (unpaired) electrons. The summed E-state index contributed by atoms with van der Waals surface area (Å²) in [7, 11) is 0. The standard InChI is InChI=1S/C11H15N5OS2/c1-4-5-12-8-6-9(14-10(13-8)18-3)19-11-16-15-7(2)17-11/h6H,4-5H2,1-3H3,(H,12,13,14). The molecule has 0 unspecified atom stereocenters. The highest BCUT2D eigenvalue weighted by Gasteiger charge is 2.09. The van der Waals surface area contributed by atoms with Crippen LogP contribution in [0.25, 0.3) is 0 Å². The third kappa shape index (κ3) is 4.10. The molecule has 0 atom stereocenters. The van der Waals surface area contributed by atoms with Gasteiger partial charge < -0.3 is 9.73 Å². The van der Waals surface area contributed by atoms with Gasteiger partial charge in [-0.3, -0.25) is 0 Å². The predicted molar refractivity (Wildman–Crippen MR) is 75.8 cm³/mol. The normalized spacial score (nSPS) is 10.7. The van der Waals surface area contributed by atoms with E-state index in [1.54, 1.807) is 6.92 Å². The number of thioether (sulfide) groups is 1. The highest BCUT2D eigenvalue weighted by Crippen LogP contribution is 2.27. The molecule has 0 saturated carbocycles. The maximum absolute atomic E-state index is 5.34. The molecular formula is C11H15N5OS2. The van der Waals surface area contributed by atoms with Gasteiger partial charge in [-0.25, -0.2) is 9.97 Å². The Morgan fingerprint density at radius 3 is 2.79 bits per heavy atom. The van der Waals surface area contributed by atoms with E-state index in [-0.39, 0.29) is 0 Å². The molecule has 2 aromatic rings. The van der Waals surface area contributed by atoms with Crippen LogP contribution in [0.3, 0.4) is 0 Å². The lowest BCUT2D eigenvalue weighted by Crippen LogP contribution is -2.03. The summed E-state index contributed by atoms with van der Waals surface area (Å²) in [5.41, 5.74) is 0. The van der Waals surface area contributed by atoms with Crippen LogP contribution in [0, 0.1) is 6.92 Å². The average molecular weight is 297 g/mol. The number of rotatable bonds is 6. The number of aryl methyl sites for hydroxylation is 1. The smallest absolute Gasteiger partial charge is 0.282 e. The van der Waals surface area contributed by atoms with Gasteiger partial charge in [-0.05, 0) is 24.4 Å². The van der Waals surface area contributed by atoms with Gasteiger partial charge in [0.25, 0.3) is 5.22 Å². The number of aromatic nitrogens is 4. The first-order valence-electron chi connectivity index (χ1n) is 5.86. The maximum Gasteiger partial charge on any atom is 0.282 e. The summed E-state index contributed by atoms with van der Waals surface area (Å²) >= 11 is 2.85. The monoisotopic (exact) mass is 297 g/mol. The lowest BCUT2D eigenvalue weighted by atomic mass is 10.4. The van der Waals surface area contributed by atoms with Crippen molar-refractivity contribution in [2.75, 3.05) is 18.1 Å². The van der Waals surface area contributed by atoms with Gasteiger partial charge in [-0.15, -0.1) is 10.2 Å². The Balaban J connectivity index is 2.18. The minimum atomic E-state index is 0.490. The molecule has 0 aliphatic carbocycles. The minimum Gasteiger partial charge on any atom is -0.416 e. The third-order valence-electron chi connectivity index (χ3n) is 2.12. The first-order chi connectivity index (χ1) is 9.21. The Morgan fingerprint density at radius 2 is 2.16 bits per heavy atom. The summed E-state index contributed by atoms with van der Waals surface area (Å²) < 4.78 is 5.34. The topological polar surface area (TPSA) is 76.7 Å². The largest absolute Gasteiger partial charge is 0.416 e. The van der Waals surface area contributed by atoms with Gasteiger partial charge in [0.1, 0.15) is 10.8 Å². The molecular weight excluding hydrogens is 282 g/mol. The Kier molecular flexibility index (Phi) is 5.03. The number of anilines is 1. The van der Waals surface area contributed by atoms with Crippen LogP contribution < -0.4 is 5.32 Å². The average Bonchev–Trinajstić information content (AvgIpc) is 2.81. The molecule has 6 nitrogen and oxygen atoms in total. The highest BCUT2D eigenvalue weighted by atomic mass is 32.2. The van der Waals surface area contributed by atoms with E-state index < -0.39 is 0 Å². The molecule has 102 valence electrons. The van der Waals surface area contributed by atoms with Gasteiger partial charge in [0.2, 0.25) is 5.89 Å². The van der Waals surface area contributed by atoms with Gasteiger partial charge in [0.05, 0.1) is 0 Å². The van der Waals surface area contributed by atoms with E-state index in [9.17, 15) is 0 Å². The number of hydrogen-bond acceptors (Lipinski definition) is 8. The van der Waals surface area contributed by atoms with Crippen LogP contribution in [0.1, 0.15) is 19.2 Å². The van der Waals surface area contributed by atoms with Gasteiger partial charge >= 0.3 is 0 Å². The van der Waals surface area contributed by atoms with E-state index in [2.05, 4.69) is 32.4 Å². The van der Waals surface area contributed by atoms with E-state index in [4.69, 9.17) is 4.42 Å². The van der Waals surface area contributed by atoms with Crippen molar-refractivity contribution in [1.29, 1.82) is 0 Å². The Bertz CT molecular complexity index is 546. The zero-order valence-corrected chi connectivity index (χ0v) is 12.6. The highest BCUT2D eigenvalue weighted by molar-refractivity contribution is 7.99. The van der Waals surface area contributed by atoms with Crippen molar-refractivity contribution in [1.82, 2.24) is 20.2 Å². The van der Waals surface area contributed by atoms with Crippen LogP contribution in [0.15, 0.2) is 25.9 Å². The minimum absolute atomic E-state index is 0.490. The molecule has 0 spiro atoms. The van der Waals surface area contributed by atoms with Crippen molar-refractivity contribution in [3.63, 3.8) is 0 Å². The summed E-state index contributed by atoms with van der Waals surface area (Å²) in [5.74, 6) is 1.37. The summed E-state index contributed by atoms with van der Waals surface area (Å²) in [6.45, 7) is 4.76. The molecule has 1 N–H and O–H groups in total. The van der Waals surface area contributed by atoms with Crippen molar-refractivity contribution < 1.29 is 4.42 Å². The number of nitrogens with zero attached hydrogens (tertiary/aromatic N) is 4. The molecule has 8 heteroatoms. The van der Waals surface area contributed by atoms with E-state index in [0.29, 0.717) is 11.1 Å². The zero-order valence-electron chi connectivity index (χ0n) is 11.0. The van der Waals surface area contributed by atoms with Gasteiger partial charge in [0.15, 0.2) is 5.16 Å². The van der Waals surface area contributed by atoms with Crippen molar-refractivity contribution in [2.24, 2.45) is 0 Å². The molecule has 2 heterocycles. The summed E-state index contributed by atoms with van der Waals surface area (Å²) in [6.07, 6.45) is 2.99. The molecule has 0 aliphatic heterocycles. The van der Waals surface area contributed by atoms with Gasteiger partial charge in [0, 0.05) is 19.5 Å². The third-order valence-corrected chi connectivity index (χ3v) is 3.43. The van der Waals surface area contributed by atoms with Crippen molar-refractivity contribution >= 4 is 29.3 Å². The van der Waals surface area contributed by atoms with Crippen LogP contribution >= 0.6 is 23.5 Å². The molecule has 0 fully saturated rings. The van der Waals surface area contributed by atoms with Crippen LogP contribution in [0.2, 0.25) is 0 Å². The first-order valence-corrected chi connectivity index (χ1v) is 7.90. The van der Waals surface area contributed by atoms with Crippen molar-refractivity contribution in [2.45, 2.75) is 35.7 Å². The van der Waals surface area contributed by atoms with Gasteiger partial charge in [-0.1, -0.05) is 18.7 Å². The Morgan fingerprint density at radius 1 is 1.32 bits per heavy atom. The second-order valence-corrected chi connectivity index (χ2v) is 5.44. The van der Waals surface area contributed by atoms with E-state index in [1.807, 2.05) is 12.3 Å². The first kappa shape index (κ1) is 14.1. The molecule has 0 aliphatic rings. The second-order valence-electron chi connectivity index (χ2n) is 3.69. The lowest BCUT2D eigenvalue weighted by Gasteiger charge is -2.06. The van der Waals surface area contributed by atoms with E-state index in [0.717, 1.165) is 29.0 Å². The molecule has 19 heavy (non-hydrogen) atoms. The molecule has 2 aromatic heterocycles. The molecule has 0 aromatic carbocycles. The van der Waals surface area contributed by atoms with Crippen LogP contribution in [0.4, 0.5) is 5.82 Å². The molecule has 0 amide bonds. The lowest BCUT2D eigenvalue weighted by molar-refractivity contribution is 0.429. The van der Waals surface area contributed by atoms with Crippen LogP contribution in [0.5, 0.6) is 0 Å². The Hall–Kier alpha value is -1.28. The SMILES string of the molecule is CCCNc1cc(Sc2nnc(C)o2)nc(SC)n1. The predicted octanol–water partition coefficient (Wildman–Crippen LogP) is 2.86. The van der Waals surface area contributed by atoms with E-state index >= 15 is 0 Å². The number of hydrogen-bond donors (Lipinski definition) is 1. The quantitative estimate of drug-likeness (QED) is 0.495. The molecule has 0 saturated heterocycles. The summed E-state index contributed by atoms with van der Waals surface area (Å²) in [4.78, 5) is 8.81. The van der Waals surface area contributed by atoms with Gasteiger partial charge in [-0.2, -0.15) is 0 Å². The fourth-order valence-corrected chi connectivity index (χ4v) is 2.46. The van der Waals surface area contributed by atoms with Crippen LogP contribution in [-0.4, -0.2) is 33.0 Å². The summed E-state index contributed by atoms with van der Waals surface area (Å²) in [5, 5.41) is 13.0. The summed E-state index contributed by atoms with van der Waals surface area (Å²) in [6, 6.07) is 1.89. The number of nitrogens with one attached hydrogen (secondary N) is 1. The van der Waals surface area contributed by atoms with Crippen molar-refractivity contribution in [3.05, 3.63) is 12.0 Å². The van der Waals surface area contributed by atoms with Crippen LogP contribution in [-0.2, 0) is 0 Å². The van der Waals surface area contributed by atoms with E-state index in [1.165, 1.54) is 23.5 Å².